The minimum atomic E-state index is -1.25. The van der Waals surface area contributed by atoms with E-state index in [-0.39, 0.29) is 22.3 Å². The molecule has 0 aliphatic heterocycles. The highest BCUT2D eigenvalue weighted by molar-refractivity contribution is 6.04. The summed E-state index contributed by atoms with van der Waals surface area (Å²) in [6.45, 7) is 0. The van der Waals surface area contributed by atoms with E-state index in [2.05, 4.69) is 9.97 Å². The van der Waals surface area contributed by atoms with E-state index in [9.17, 15) is 9.18 Å². The molecule has 0 bridgehead atoms. The third-order valence-corrected chi connectivity index (χ3v) is 1.96. The van der Waals surface area contributed by atoms with Gasteiger partial charge in [-0.25, -0.2) is 19.2 Å². The molecule has 3 N–H and O–H groups in total. The molecule has 15 heavy (non-hydrogen) atoms. The van der Waals surface area contributed by atoms with E-state index >= 15 is 0 Å². The second-order valence-corrected chi connectivity index (χ2v) is 2.91. The summed E-state index contributed by atoms with van der Waals surface area (Å²) in [5.41, 5.74) is 5.40. The Morgan fingerprint density at radius 2 is 2.13 bits per heavy atom. The van der Waals surface area contributed by atoms with Crippen LogP contribution in [-0.2, 0) is 0 Å². The van der Waals surface area contributed by atoms with E-state index in [0.717, 1.165) is 18.5 Å². The number of anilines is 1. The van der Waals surface area contributed by atoms with Gasteiger partial charge in [-0.05, 0) is 12.1 Å². The number of rotatable bonds is 1. The van der Waals surface area contributed by atoms with Crippen LogP contribution in [0, 0.1) is 5.82 Å². The second kappa shape index (κ2) is 3.16. The van der Waals surface area contributed by atoms with Crippen LogP contribution in [0.4, 0.5) is 10.2 Å². The zero-order chi connectivity index (χ0) is 11.0. The normalized spacial score (nSPS) is 10.5. The summed E-state index contributed by atoms with van der Waals surface area (Å²) in [4.78, 5) is 18.2. The second-order valence-electron chi connectivity index (χ2n) is 2.91. The summed E-state index contributed by atoms with van der Waals surface area (Å²) in [5.74, 6) is -1.87. The predicted octanol–water partition coefficient (Wildman–Crippen LogP) is 1.05. The minimum Gasteiger partial charge on any atom is -0.478 e. The molecular weight excluding hydrogens is 201 g/mol. The molecular formula is C9H6FN3O2. The fourth-order valence-electron chi connectivity index (χ4n) is 1.31. The van der Waals surface area contributed by atoms with Gasteiger partial charge in [0.05, 0.1) is 11.1 Å². The van der Waals surface area contributed by atoms with Gasteiger partial charge in [0.2, 0.25) is 0 Å². The Morgan fingerprint density at radius 3 is 2.80 bits per heavy atom. The molecule has 0 unspecified atom stereocenters. The van der Waals surface area contributed by atoms with Crippen LogP contribution in [0.15, 0.2) is 18.5 Å². The number of nitrogens with zero attached hydrogens (tertiary/aromatic N) is 2. The highest BCUT2D eigenvalue weighted by Gasteiger charge is 2.13. The first-order valence-electron chi connectivity index (χ1n) is 4.02. The monoisotopic (exact) mass is 207 g/mol. The van der Waals surface area contributed by atoms with Crippen LogP contribution < -0.4 is 5.73 Å². The van der Waals surface area contributed by atoms with Crippen LogP contribution in [0.5, 0.6) is 0 Å². The molecule has 1 heterocycles. The lowest BCUT2D eigenvalue weighted by Gasteiger charge is -2.03. The molecule has 2 aromatic rings. The lowest BCUT2D eigenvalue weighted by Crippen LogP contribution is -2.02. The molecule has 0 fully saturated rings. The maximum absolute atomic E-state index is 13.1. The van der Waals surface area contributed by atoms with E-state index in [4.69, 9.17) is 10.8 Å². The van der Waals surface area contributed by atoms with Crippen molar-refractivity contribution in [3.63, 3.8) is 0 Å². The van der Waals surface area contributed by atoms with Crippen LogP contribution in [-0.4, -0.2) is 21.0 Å². The Balaban J connectivity index is 2.92. The smallest absolute Gasteiger partial charge is 0.338 e. The number of hydrogen-bond acceptors (Lipinski definition) is 4. The molecule has 0 saturated heterocycles. The Labute approximate surface area is 83.4 Å². The van der Waals surface area contributed by atoms with Crippen molar-refractivity contribution in [2.45, 2.75) is 0 Å². The summed E-state index contributed by atoms with van der Waals surface area (Å²) in [7, 11) is 0. The van der Waals surface area contributed by atoms with E-state index in [1.165, 1.54) is 0 Å². The molecule has 2 rings (SSSR count). The lowest BCUT2D eigenvalue weighted by molar-refractivity contribution is 0.0698. The van der Waals surface area contributed by atoms with Gasteiger partial charge in [-0.3, -0.25) is 0 Å². The van der Waals surface area contributed by atoms with Gasteiger partial charge in [-0.15, -0.1) is 0 Å². The average Bonchev–Trinajstić information content (AvgIpc) is 2.18. The topological polar surface area (TPSA) is 89.1 Å². The summed E-state index contributed by atoms with van der Waals surface area (Å²) in [5, 5.41) is 9.03. The van der Waals surface area contributed by atoms with Crippen LogP contribution in [0.2, 0.25) is 0 Å². The molecule has 0 saturated carbocycles. The van der Waals surface area contributed by atoms with Crippen molar-refractivity contribution < 1.29 is 14.3 Å². The summed E-state index contributed by atoms with van der Waals surface area (Å²) >= 11 is 0. The number of benzene rings is 1. The number of carboxylic acid groups (broad SMARTS) is 1. The number of carbonyl (C=O) groups is 1. The molecule has 6 heteroatoms. The quantitative estimate of drug-likeness (QED) is 0.729. The largest absolute Gasteiger partial charge is 0.478 e. The van der Waals surface area contributed by atoms with Crippen LogP contribution in [0.3, 0.4) is 0 Å². The number of hydrogen-bond donors (Lipinski definition) is 2. The fourth-order valence-corrected chi connectivity index (χ4v) is 1.31. The Bertz CT molecular complexity index is 556. The van der Waals surface area contributed by atoms with Crippen molar-refractivity contribution >= 4 is 22.7 Å². The average molecular weight is 207 g/mol. The summed E-state index contributed by atoms with van der Waals surface area (Å²) < 4.78 is 13.1. The van der Waals surface area contributed by atoms with Crippen LogP contribution in [0.25, 0.3) is 10.9 Å². The standard InChI is InChI=1S/C9H6FN3O2/c10-4-1-5-7(6(2-4)9(14)15)12-3-13-8(5)11/h1-3H,(H,14,15)(H2,11,12,13). The zero-order valence-electron chi connectivity index (χ0n) is 7.44. The van der Waals surface area contributed by atoms with E-state index in [1.807, 2.05) is 0 Å². The molecule has 0 spiro atoms. The molecule has 76 valence electrons. The molecule has 1 aromatic heterocycles. The summed E-state index contributed by atoms with van der Waals surface area (Å²) in [6.07, 6.45) is 1.14. The van der Waals surface area contributed by atoms with Gasteiger partial charge in [0.25, 0.3) is 0 Å². The molecule has 0 aliphatic carbocycles. The Morgan fingerprint density at radius 1 is 1.40 bits per heavy atom. The van der Waals surface area contributed by atoms with Crippen molar-refractivity contribution in [2.75, 3.05) is 5.73 Å². The van der Waals surface area contributed by atoms with Gasteiger partial charge < -0.3 is 10.8 Å². The summed E-state index contributed by atoms with van der Waals surface area (Å²) in [6, 6.07) is 2.01. The third-order valence-electron chi connectivity index (χ3n) is 1.96. The van der Waals surface area contributed by atoms with E-state index in [0.29, 0.717) is 0 Å². The molecule has 1 aromatic carbocycles. The number of nitrogens with two attached hydrogens (primary N) is 1. The maximum atomic E-state index is 13.1. The molecule has 0 radical (unpaired) electrons. The van der Waals surface area contributed by atoms with Crippen molar-refractivity contribution in [1.82, 2.24) is 9.97 Å². The van der Waals surface area contributed by atoms with Crippen molar-refractivity contribution in [3.05, 3.63) is 29.8 Å². The third kappa shape index (κ3) is 1.45. The Kier molecular flexibility index (Phi) is 1.96. The lowest BCUT2D eigenvalue weighted by atomic mass is 10.1. The molecule has 5 nitrogen and oxygen atoms in total. The van der Waals surface area contributed by atoms with Gasteiger partial charge in [0.15, 0.2) is 0 Å². The number of aromatic carboxylic acids is 1. The predicted molar refractivity (Wildman–Crippen MR) is 50.9 cm³/mol. The van der Waals surface area contributed by atoms with Crippen molar-refractivity contribution in [3.8, 4) is 0 Å². The SMILES string of the molecule is Nc1ncnc2c(C(=O)O)cc(F)cc12. The van der Waals surface area contributed by atoms with Gasteiger partial charge in [-0.1, -0.05) is 0 Å². The van der Waals surface area contributed by atoms with Gasteiger partial charge in [0, 0.05) is 5.39 Å². The number of aromatic nitrogens is 2. The van der Waals surface area contributed by atoms with Crippen molar-refractivity contribution in [1.29, 1.82) is 0 Å². The molecule has 0 amide bonds. The molecule has 0 atom stereocenters. The highest BCUT2D eigenvalue weighted by Crippen LogP contribution is 2.21. The number of carboxylic acids is 1. The first-order chi connectivity index (χ1) is 7.09. The first-order valence-corrected chi connectivity index (χ1v) is 4.02. The van der Waals surface area contributed by atoms with Gasteiger partial charge in [-0.2, -0.15) is 0 Å². The van der Waals surface area contributed by atoms with Crippen molar-refractivity contribution in [2.24, 2.45) is 0 Å². The first kappa shape index (κ1) is 9.32. The fraction of sp³-hybridized carbons (Fsp3) is 0. The Hall–Kier alpha value is -2.24. The van der Waals surface area contributed by atoms with Gasteiger partial charge in [0.1, 0.15) is 18.0 Å². The minimum absolute atomic E-state index is 0.0574. The molecule has 0 aliphatic rings. The van der Waals surface area contributed by atoms with Crippen LogP contribution in [0.1, 0.15) is 10.4 Å². The van der Waals surface area contributed by atoms with Crippen LogP contribution >= 0.6 is 0 Å². The zero-order valence-corrected chi connectivity index (χ0v) is 7.44. The maximum Gasteiger partial charge on any atom is 0.338 e. The number of halogens is 1. The van der Waals surface area contributed by atoms with E-state index < -0.39 is 11.8 Å². The van der Waals surface area contributed by atoms with E-state index in [1.54, 1.807) is 0 Å². The van der Waals surface area contributed by atoms with Gasteiger partial charge >= 0.3 is 5.97 Å². The number of nitrogen functional groups attached to an aromatic ring is 1. The number of fused-ring (bicyclic) bond motifs is 1. The highest BCUT2D eigenvalue weighted by atomic mass is 19.1.